The zero-order valence-corrected chi connectivity index (χ0v) is 8.56. The van der Waals surface area contributed by atoms with E-state index in [0.717, 1.165) is 22.8 Å². The number of H-pyrrole nitrogens is 3. The maximum atomic E-state index is 4.26. The van der Waals surface area contributed by atoms with Gasteiger partial charge in [0.1, 0.15) is 5.69 Å². The van der Waals surface area contributed by atoms with Crippen molar-refractivity contribution in [3.05, 3.63) is 36.1 Å². The number of nitrogens with one attached hydrogen (secondary N) is 4. The van der Waals surface area contributed by atoms with Crippen molar-refractivity contribution in [1.29, 1.82) is 0 Å². The second-order valence-corrected chi connectivity index (χ2v) is 3.73. The molecule has 0 spiro atoms. The van der Waals surface area contributed by atoms with Crippen LogP contribution in [0.4, 0.5) is 5.82 Å². The number of hydrogen-bond donors (Lipinski definition) is 4. The van der Waals surface area contributed by atoms with Gasteiger partial charge in [-0.2, -0.15) is 5.10 Å². The summed E-state index contributed by atoms with van der Waals surface area (Å²) in [6.07, 6.45) is 9.96. The van der Waals surface area contributed by atoms with Crippen molar-refractivity contribution in [3.8, 4) is 0 Å². The smallest absolute Gasteiger partial charge is 0.165 e. The van der Waals surface area contributed by atoms with Crippen LogP contribution in [-0.2, 0) is 0 Å². The summed E-state index contributed by atoms with van der Waals surface area (Å²) in [6, 6.07) is 0. The van der Waals surface area contributed by atoms with Crippen molar-refractivity contribution < 1.29 is 0 Å². The normalized spacial score (nSPS) is 16.8. The van der Waals surface area contributed by atoms with Gasteiger partial charge in [0.15, 0.2) is 5.82 Å². The molecule has 0 unspecified atom stereocenters. The molecule has 0 bridgehead atoms. The number of nitrogens with zero attached hydrogens (tertiary/aromatic N) is 1. The molecule has 2 aliphatic rings. The summed E-state index contributed by atoms with van der Waals surface area (Å²) in [6.45, 7) is 0. The number of aromatic amines is 3. The largest absolute Gasteiger partial charge is 0.292 e. The Morgan fingerprint density at radius 3 is 3.20 bits per heavy atom. The highest BCUT2D eigenvalue weighted by atomic mass is 32.1. The Hall–Kier alpha value is -1.95. The van der Waals surface area contributed by atoms with Crippen LogP contribution in [-0.4, -0.2) is 19.7 Å². The minimum atomic E-state index is 0.840. The highest BCUT2D eigenvalue weighted by Crippen LogP contribution is 2.26. The van der Waals surface area contributed by atoms with Gasteiger partial charge >= 0.3 is 0 Å². The van der Waals surface area contributed by atoms with Gasteiger partial charge in [0.05, 0.1) is 5.71 Å². The molecule has 1 aliphatic carbocycles. The molecule has 1 aromatic heterocycles. The highest BCUT2D eigenvalue weighted by Gasteiger charge is 2.17. The van der Waals surface area contributed by atoms with Crippen LogP contribution in [0.2, 0.25) is 0 Å². The highest BCUT2D eigenvalue weighted by molar-refractivity contribution is 6.98. The summed E-state index contributed by atoms with van der Waals surface area (Å²) in [5.74, 6) is 0.840. The van der Waals surface area contributed by atoms with Crippen molar-refractivity contribution in [2.24, 2.45) is 5.10 Å². The van der Waals surface area contributed by atoms with Gasteiger partial charge in [0.2, 0.25) is 0 Å². The first-order valence-electron chi connectivity index (χ1n) is 4.52. The van der Waals surface area contributed by atoms with Crippen LogP contribution in [0.3, 0.4) is 0 Å². The zero-order chi connectivity index (χ0) is 10.1. The van der Waals surface area contributed by atoms with Gasteiger partial charge in [-0.1, -0.05) is 24.3 Å². The molecule has 0 radical (unpaired) electrons. The summed E-state index contributed by atoms with van der Waals surface area (Å²) in [7, 11) is 0. The van der Waals surface area contributed by atoms with E-state index in [0.29, 0.717) is 0 Å². The molecule has 0 saturated carbocycles. The van der Waals surface area contributed by atoms with Crippen molar-refractivity contribution in [2.45, 2.75) is 0 Å². The SMILES string of the molecule is C1=CC=C2C(=NNc3[nH][nH]s[nH]c32)C=C1. The second-order valence-electron chi connectivity index (χ2n) is 3.11. The van der Waals surface area contributed by atoms with Gasteiger partial charge < -0.3 is 0 Å². The number of rotatable bonds is 0. The Bertz CT molecular complexity index is 529. The molecule has 6 heteroatoms. The first-order valence-corrected chi connectivity index (χ1v) is 5.33. The van der Waals surface area contributed by atoms with Gasteiger partial charge in [0.25, 0.3) is 0 Å². The van der Waals surface area contributed by atoms with E-state index in [1.54, 1.807) is 0 Å². The Balaban J connectivity index is 2.22. The number of hydrogen-bond acceptors (Lipinski definition) is 3. The minimum absolute atomic E-state index is 0.840. The monoisotopic (exact) mass is 219 g/mol. The van der Waals surface area contributed by atoms with E-state index in [2.05, 4.69) is 24.5 Å². The molecule has 15 heavy (non-hydrogen) atoms. The lowest BCUT2D eigenvalue weighted by Crippen LogP contribution is -2.13. The molecule has 1 aliphatic heterocycles. The van der Waals surface area contributed by atoms with Crippen LogP contribution in [0.25, 0.3) is 5.57 Å². The van der Waals surface area contributed by atoms with Gasteiger partial charge in [0, 0.05) is 17.3 Å². The fourth-order valence-corrected chi connectivity index (χ4v) is 2.02. The molecule has 2 heterocycles. The fourth-order valence-electron chi connectivity index (χ4n) is 1.50. The molecule has 0 amide bonds. The van der Waals surface area contributed by atoms with Crippen molar-refractivity contribution in [3.63, 3.8) is 0 Å². The minimum Gasteiger partial charge on any atom is -0.292 e. The maximum Gasteiger partial charge on any atom is 0.165 e. The van der Waals surface area contributed by atoms with E-state index in [-0.39, 0.29) is 0 Å². The molecule has 3 rings (SSSR count). The maximum absolute atomic E-state index is 4.26. The standard InChI is InChI=1S/C9H9N5S/c1-2-4-6-7(5-3-1)10-11-9-8(6)13-15-14-12-9/h1-5,11-14H. The summed E-state index contributed by atoms with van der Waals surface area (Å²) in [5, 5.41) is 7.26. The third-order valence-corrected chi connectivity index (χ3v) is 2.71. The first-order chi connectivity index (χ1) is 7.45. The number of hydrazone groups is 1. The fraction of sp³-hybridized carbons (Fsp3) is 0. The van der Waals surface area contributed by atoms with Gasteiger partial charge in [-0.25, -0.2) is 4.49 Å². The van der Waals surface area contributed by atoms with E-state index < -0.39 is 0 Å². The zero-order valence-electron chi connectivity index (χ0n) is 7.74. The van der Waals surface area contributed by atoms with Crippen molar-refractivity contribution in [2.75, 3.05) is 5.43 Å². The lowest BCUT2D eigenvalue weighted by Gasteiger charge is -2.16. The van der Waals surface area contributed by atoms with Crippen LogP contribution in [0.5, 0.6) is 0 Å². The van der Waals surface area contributed by atoms with Crippen LogP contribution < -0.4 is 5.43 Å². The van der Waals surface area contributed by atoms with Crippen molar-refractivity contribution in [1.82, 2.24) is 14.0 Å². The molecule has 0 saturated heterocycles. The number of allylic oxidation sites excluding steroid dienone is 6. The molecule has 1 aromatic rings. The average molecular weight is 219 g/mol. The Labute approximate surface area is 89.9 Å². The number of anilines is 1. The molecule has 4 N–H and O–H groups in total. The second kappa shape index (κ2) is 3.32. The molecule has 76 valence electrons. The Kier molecular flexibility index (Phi) is 1.85. The molecular weight excluding hydrogens is 210 g/mol. The summed E-state index contributed by atoms with van der Waals surface area (Å²) < 4.78 is 6.09. The van der Waals surface area contributed by atoms with E-state index in [9.17, 15) is 0 Å². The van der Waals surface area contributed by atoms with Crippen LogP contribution >= 0.6 is 11.7 Å². The molecule has 0 aromatic carbocycles. The van der Waals surface area contributed by atoms with E-state index in [1.807, 2.05) is 30.4 Å². The molecule has 0 fully saturated rings. The molecule has 0 atom stereocenters. The number of aromatic nitrogens is 3. The third-order valence-electron chi connectivity index (χ3n) is 2.20. The van der Waals surface area contributed by atoms with Crippen LogP contribution in [0, 0.1) is 0 Å². The number of fused-ring (bicyclic) bond motifs is 3. The van der Waals surface area contributed by atoms with E-state index >= 15 is 0 Å². The third kappa shape index (κ3) is 1.35. The quantitative estimate of drug-likeness (QED) is 0.530. The lowest BCUT2D eigenvalue weighted by molar-refractivity contribution is 1.06. The predicted molar refractivity (Wildman–Crippen MR) is 62.3 cm³/mol. The van der Waals surface area contributed by atoms with E-state index in [1.165, 1.54) is 11.7 Å². The van der Waals surface area contributed by atoms with Crippen molar-refractivity contribution >= 4 is 28.8 Å². The average Bonchev–Trinajstić information content (AvgIpc) is 2.54. The van der Waals surface area contributed by atoms with Crippen LogP contribution in [0.1, 0.15) is 5.69 Å². The van der Waals surface area contributed by atoms with Gasteiger partial charge in [-0.05, 0) is 6.08 Å². The lowest BCUT2D eigenvalue weighted by atomic mass is 10.1. The van der Waals surface area contributed by atoms with Gasteiger partial charge in [-0.3, -0.25) is 14.9 Å². The van der Waals surface area contributed by atoms with E-state index in [4.69, 9.17) is 0 Å². The summed E-state index contributed by atoms with van der Waals surface area (Å²) in [4.78, 5) is 0. The Morgan fingerprint density at radius 1 is 1.20 bits per heavy atom. The molecular formula is C9H9N5S. The van der Waals surface area contributed by atoms with Crippen LogP contribution in [0.15, 0.2) is 35.5 Å². The summed E-state index contributed by atoms with van der Waals surface area (Å²) in [5.41, 5.74) is 5.97. The van der Waals surface area contributed by atoms with Gasteiger partial charge in [-0.15, -0.1) is 0 Å². The molecule has 5 nitrogen and oxygen atoms in total. The predicted octanol–water partition coefficient (Wildman–Crippen LogP) is 2.15. The first kappa shape index (κ1) is 8.37. The topological polar surface area (TPSA) is 71.8 Å². The summed E-state index contributed by atoms with van der Waals surface area (Å²) >= 11 is 1.39. The Morgan fingerprint density at radius 2 is 2.20 bits per heavy atom.